The topological polar surface area (TPSA) is 41.1 Å². The molecule has 0 aliphatic carbocycles. The molecule has 1 saturated heterocycles. The van der Waals surface area contributed by atoms with Gasteiger partial charge in [-0.05, 0) is 56.3 Å². The lowest BCUT2D eigenvalue weighted by Gasteiger charge is -2.29. The number of carbonyl (C=O) groups excluding carboxylic acids is 1. The number of benzene rings is 1. The first-order valence-electron chi connectivity index (χ1n) is 7.60. The molecule has 2 unspecified atom stereocenters. The lowest BCUT2D eigenvalue weighted by atomic mass is 9.88. The molecule has 0 spiro atoms. The van der Waals surface area contributed by atoms with Gasteiger partial charge in [0.25, 0.3) is 0 Å². The van der Waals surface area contributed by atoms with E-state index >= 15 is 0 Å². The minimum absolute atomic E-state index is 0.143. The van der Waals surface area contributed by atoms with Crippen LogP contribution in [0.1, 0.15) is 30.0 Å². The normalized spacial score (nSPS) is 22.6. The van der Waals surface area contributed by atoms with Gasteiger partial charge >= 0.3 is 0 Å². The van der Waals surface area contributed by atoms with Gasteiger partial charge in [0.15, 0.2) is 0 Å². The number of hydrogen-bond donors (Lipinski definition) is 2. The third-order valence-electron chi connectivity index (χ3n) is 4.38. The second-order valence-corrected chi connectivity index (χ2v) is 6.14. The Bertz CT molecular complexity index is 470. The van der Waals surface area contributed by atoms with Crippen molar-refractivity contribution in [1.82, 2.24) is 10.6 Å². The van der Waals surface area contributed by atoms with Crippen LogP contribution in [0.4, 0.5) is 0 Å². The smallest absolute Gasteiger partial charge is 0.224 e. The predicted molar refractivity (Wildman–Crippen MR) is 82.8 cm³/mol. The van der Waals surface area contributed by atoms with Crippen molar-refractivity contribution < 1.29 is 4.79 Å². The Morgan fingerprint density at radius 2 is 2.20 bits per heavy atom. The van der Waals surface area contributed by atoms with Crippen molar-refractivity contribution in [1.29, 1.82) is 0 Å². The molecule has 1 aromatic rings. The summed E-state index contributed by atoms with van der Waals surface area (Å²) in [6, 6.07) is 6.29. The van der Waals surface area contributed by atoms with Crippen molar-refractivity contribution in [2.75, 3.05) is 19.6 Å². The Hall–Kier alpha value is -1.35. The monoisotopic (exact) mass is 274 g/mol. The van der Waals surface area contributed by atoms with Gasteiger partial charge in [-0.15, -0.1) is 0 Å². The van der Waals surface area contributed by atoms with Gasteiger partial charge in [-0.3, -0.25) is 4.79 Å². The zero-order valence-corrected chi connectivity index (χ0v) is 12.8. The summed E-state index contributed by atoms with van der Waals surface area (Å²) < 4.78 is 0. The van der Waals surface area contributed by atoms with Crippen LogP contribution in [-0.4, -0.2) is 25.5 Å². The highest BCUT2D eigenvalue weighted by Gasteiger charge is 2.21. The van der Waals surface area contributed by atoms with Crippen molar-refractivity contribution >= 4 is 5.91 Å². The summed E-state index contributed by atoms with van der Waals surface area (Å²) in [5, 5.41) is 6.50. The number of nitrogens with one attached hydrogen (secondary N) is 2. The van der Waals surface area contributed by atoms with E-state index in [1.54, 1.807) is 0 Å². The highest BCUT2D eigenvalue weighted by molar-refractivity contribution is 5.79. The van der Waals surface area contributed by atoms with Gasteiger partial charge in [0.2, 0.25) is 5.91 Å². The molecule has 20 heavy (non-hydrogen) atoms. The summed E-state index contributed by atoms with van der Waals surface area (Å²) >= 11 is 0. The molecule has 1 aliphatic rings. The Morgan fingerprint density at radius 3 is 2.95 bits per heavy atom. The third-order valence-corrected chi connectivity index (χ3v) is 4.38. The fraction of sp³-hybridized carbons (Fsp3) is 0.588. The highest BCUT2D eigenvalue weighted by atomic mass is 16.1. The fourth-order valence-electron chi connectivity index (χ4n) is 2.84. The number of rotatable bonds is 4. The molecule has 0 radical (unpaired) electrons. The van der Waals surface area contributed by atoms with Crippen LogP contribution in [0, 0.1) is 25.7 Å². The number of aryl methyl sites for hydroxylation is 2. The third kappa shape index (κ3) is 4.07. The maximum Gasteiger partial charge on any atom is 0.224 e. The van der Waals surface area contributed by atoms with Gasteiger partial charge in [0.1, 0.15) is 0 Å². The molecule has 1 fully saturated rings. The first-order valence-corrected chi connectivity index (χ1v) is 7.60. The SMILES string of the molecule is Cc1ccc(C)c(CC(=O)NCC2CCNCC2C)c1. The summed E-state index contributed by atoms with van der Waals surface area (Å²) in [4.78, 5) is 12.1. The highest BCUT2D eigenvalue weighted by Crippen LogP contribution is 2.17. The summed E-state index contributed by atoms with van der Waals surface area (Å²) in [6.07, 6.45) is 1.65. The van der Waals surface area contributed by atoms with Crippen LogP contribution in [0.3, 0.4) is 0 Å². The van der Waals surface area contributed by atoms with E-state index in [4.69, 9.17) is 0 Å². The van der Waals surface area contributed by atoms with Crippen LogP contribution in [0.15, 0.2) is 18.2 Å². The second-order valence-electron chi connectivity index (χ2n) is 6.14. The van der Waals surface area contributed by atoms with Gasteiger partial charge in [0, 0.05) is 6.54 Å². The van der Waals surface area contributed by atoms with Crippen molar-refractivity contribution in [3.63, 3.8) is 0 Å². The molecular formula is C17H26N2O. The molecule has 0 bridgehead atoms. The standard InChI is InChI=1S/C17H26N2O/c1-12-4-5-13(2)16(8-12)9-17(20)19-11-15-6-7-18-10-14(15)3/h4-5,8,14-15,18H,6-7,9-11H2,1-3H3,(H,19,20). The number of piperidine rings is 1. The van der Waals surface area contributed by atoms with Crippen LogP contribution in [-0.2, 0) is 11.2 Å². The van der Waals surface area contributed by atoms with Crippen LogP contribution in [0.5, 0.6) is 0 Å². The van der Waals surface area contributed by atoms with Crippen LogP contribution >= 0.6 is 0 Å². The Morgan fingerprint density at radius 1 is 1.40 bits per heavy atom. The lowest BCUT2D eigenvalue weighted by Crippen LogP contribution is -2.41. The predicted octanol–water partition coefficient (Wildman–Crippen LogP) is 2.21. The molecule has 0 saturated carbocycles. The molecule has 3 nitrogen and oxygen atoms in total. The fourth-order valence-corrected chi connectivity index (χ4v) is 2.84. The van der Waals surface area contributed by atoms with E-state index in [1.165, 1.54) is 11.1 Å². The molecule has 2 N–H and O–H groups in total. The number of carbonyl (C=O) groups is 1. The van der Waals surface area contributed by atoms with Gasteiger partial charge in [0.05, 0.1) is 6.42 Å². The lowest BCUT2D eigenvalue weighted by molar-refractivity contribution is -0.120. The van der Waals surface area contributed by atoms with Crippen molar-refractivity contribution in [3.8, 4) is 0 Å². The first kappa shape index (κ1) is 15.0. The first-order chi connectivity index (χ1) is 9.56. The second kappa shape index (κ2) is 6.89. The van der Waals surface area contributed by atoms with E-state index in [9.17, 15) is 4.79 Å². The molecular weight excluding hydrogens is 248 g/mol. The average Bonchev–Trinajstić information content (AvgIpc) is 2.42. The summed E-state index contributed by atoms with van der Waals surface area (Å²) in [5.41, 5.74) is 3.55. The Labute approximate surface area is 122 Å². The Balaban J connectivity index is 1.84. The van der Waals surface area contributed by atoms with E-state index in [2.05, 4.69) is 49.6 Å². The quantitative estimate of drug-likeness (QED) is 0.884. The number of amides is 1. The minimum atomic E-state index is 0.143. The summed E-state index contributed by atoms with van der Waals surface area (Å²) in [6.45, 7) is 9.34. The number of hydrogen-bond acceptors (Lipinski definition) is 2. The minimum Gasteiger partial charge on any atom is -0.356 e. The van der Waals surface area contributed by atoms with Gasteiger partial charge in [-0.2, -0.15) is 0 Å². The Kier molecular flexibility index (Phi) is 5.18. The molecule has 1 aromatic carbocycles. The molecule has 2 atom stereocenters. The maximum absolute atomic E-state index is 12.1. The average molecular weight is 274 g/mol. The molecule has 2 rings (SSSR count). The van der Waals surface area contributed by atoms with Gasteiger partial charge in [-0.1, -0.05) is 30.7 Å². The van der Waals surface area contributed by atoms with E-state index in [0.29, 0.717) is 18.3 Å². The van der Waals surface area contributed by atoms with E-state index in [0.717, 1.165) is 31.6 Å². The van der Waals surface area contributed by atoms with Gasteiger partial charge in [-0.25, -0.2) is 0 Å². The summed E-state index contributed by atoms with van der Waals surface area (Å²) in [5.74, 6) is 1.40. The van der Waals surface area contributed by atoms with Crippen LogP contribution < -0.4 is 10.6 Å². The molecule has 1 amide bonds. The van der Waals surface area contributed by atoms with Crippen molar-refractivity contribution in [2.24, 2.45) is 11.8 Å². The van der Waals surface area contributed by atoms with E-state index in [1.807, 2.05) is 0 Å². The summed E-state index contributed by atoms with van der Waals surface area (Å²) in [7, 11) is 0. The molecule has 0 aromatic heterocycles. The van der Waals surface area contributed by atoms with Crippen LogP contribution in [0.25, 0.3) is 0 Å². The van der Waals surface area contributed by atoms with Gasteiger partial charge < -0.3 is 10.6 Å². The molecule has 1 heterocycles. The maximum atomic E-state index is 12.1. The zero-order valence-electron chi connectivity index (χ0n) is 12.8. The molecule has 110 valence electrons. The largest absolute Gasteiger partial charge is 0.356 e. The van der Waals surface area contributed by atoms with Crippen molar-refractivity contribution in [2.45, 2.75) is 33.6 Å². The zero-order chi connectivity index (χ0) is 14.5. The molecule has 3 heteroatoms. The van der Waals surface area contributed by atoms with Crippen molar-refractivity contribution in [3.05, 3.63) is 34.9 Å². The van der Waals surface area contributed by atoms with E-state index < -0.39 is 0 Å². The molecule has 1 aliphatic heterocycles. The van der Waals surface area contributed by atoms with E-state index in [-0.39, 0.29) is 5.91 Å². The van der Waals surface area contributed by atoms with Crippen LogP contribution in [0.2, 0.25) is 0 Å².